The number of benzene rings is 3. The Bertz CT molecular complexity index is 1050. The molecule has 4 nitrogen and oxygen atoms in total. The van der Waals surface area contributed by atoms with Gasteiger partial charge in [0, 0.05) is 5.56 Å². The summed E-state index contributed by atoms with van der Waals surface area (Å²) in [6, 6.07) is 25.7. The van der Waals surface area contributed by atoms with Gasteiger partial charge in [-0.1, -0.05) is 77.9 Å². The predicted molar refractivity (Wildman–Crippen MR) is 114 cm³/mol. The van der Waals surface area contributed by atoms with E-state index in [1.807, 2.05) is 98.8 Å². The SMILES string of the molecule is Cc1ccc(/C=C2/N=C(c3ccc(C)cc3)N(Nc3ccccc3)C2=O)cc1. The number of carbonyl (C=O) groups excluding carboxylic acids is 1. The number of hydrogen-bond donors (Lipinski definition) is 1. The van der Waals surface area contributed by atoms with Crippen molar-refractivity contribution >= 4 is 23.5 Å². The van der Waals surface area contributed by atoms with Crippen LogP contribution < -0.4 is 5.43 Å². The van der Waals surface area contributed by atoms with Gasteiger partial charge in [-0.05, 0) is 37.6 Å². The van der Waals surface area contributed by atoms with Crippen molar-refractivity contribution in [3.63, 3.8) is 0 Å². The predicted octanol–water partition coefficient (Wildman–Crippen LogP) is 4.96. The molecule has 0 saturated carbocycles. The smallest absolute Gasteiger partial charge is 0.290 e. The summed E-state index contributed by atoms with van der Waals surface area (Å²) in [6.45, 7) is 4.07. The van der Waals surface area contributed by atoms with Gasteiger partial charge < -0.3 is 0 Å². The molecule has 1 aliphatic rings. The van der Waals surface area contributed by atoms with E-state index in [0.29, 0.717) is 11.5 Å². The number of amidine groups is 1. The van der Waals surface area contributed by atoms with Gasteiger partial charge in [-0.15, -0.1) is 0 Å². The van der Waals surface area contributed by atoms with Crippen LogP contribution in [0.1, 0.15) is 22.3 Å². The Labute approximate surface area is 164 Å². The second-order valence-electron chi connectivity index (χ2n) is 6.86. The topological polar surface area (TPSA) is 44.7 Å². The maximum atomic E-state index is 13.1. The minimum atomic E-state index is -0.181. The van der Waals surface area contributed by atoms with Gasteiger partial charge in [0.15, 0.2) is 5.84 Å². The highest BCUT2D eigenvalue weighted by Crippen LogP contribution is 2.23. The number of hydrazine groups is 1. The summed E-state index contributed by atoms with van der Waals surface area (Å²) in [6.07, 6.45) is 1.82. The third-order valence-corrected chi connectivity index (χ3v) is 4.57. The van der Waals surface area contributed by atoms with Crippen LogP contribution in [-0.2, 0) is 4.79 Å². The van der Waals surface area contributed by atoms with Crippen LogP contribution >= 0.6 is 0 Å². The van der Waals surface area contributed by atoms with Gasteiger partial charge in [0.2, 0.25) is 0 Å². The minimum Gasteiger partial charge on any atom is -0.290 e. The molecule has 0 spiro atoms. The molecule has 1 aliphatic heterocycles. The van der Waals surface area contributed by atoms with E-state index in [1.165, 1.54) is 10.6 Å². The van der Waals surface area contributed by atoms with Crippen molar-refractivity contribution in [1.82, 2.24) is 5.01 Å². The third kappa shape index (κ3) is 3.71. The highest BCUT2D eigenvalue weighted by atomic mass is 16.2. The minimum absolute atomic E-state index is 0.181. The molecule has 1 N–H and O–H groups in total. The summed E-state index contributed by atoms with van der Waals surface area (Å²) in [5.41, 5.74) is 8.59. The quantitative estimate of drug-likeness (QED) is 0.663. The molecule has 0 aromatic heterocycles. The number of nitrogens with zero attached hydrogens (tertiary/aromatic N) is 2. The number of carbonyl (C=O) groups is 1. The molecular formula is C24H21N3O. The number of anilines is 1. The van der Waals surface area contributed by atoms with Crippen molar-refractivity contribution in [2.75, 3.05) is 5.43 Å². The lowest BCUT2D eigenvalue weighted by Gasteiger charge is -2.20. The van der Waals surface area contributed by atoms with E-state index in [4.69, 9.17) is 0 Å². The molecule has 0 fully saturated rings. The van der Waals surface area contributed by atoms with E-state index in [-0.39, 0.29) is 5.91 Å². The molecular weight excluding hydrogens is 346 g/mol. The van der Waals surface area contributed by atoms with Gasteiger partial charge in [0.1, 0.15) is 5.70 Å². The summed E-state index contributed by atoms with van der Waals surface area (Å²) in [4.78, 5) is 17.8. The maximum absolute atomic E-state index is 13.1. The van der Waals surface area contributed by atoms with Crippen LogP contribution in [-0.4, -0.2) is 16.8 Å². The highest BCUT2D eigenvalue weighted by Gasteiger charge is 2.31. The molecule has 0 bridgehead atoms. The zero-order chi connectivity index (χ0) is 19.5. The fourth-order valence-corrected chi connectivity index (χ4v) is 2.98. The van der Waals surface area contributed by atoms with Crippen molar-refractivity contribution in [2.24, 2.45) is 4.99 Å². The lowest BCUT2D eigenvalue weighted by Crippen LogP contribution is -2.37. The van der Waals surface area contributed by atoms with Crippen LogP contribution in [0, 0.1) is 13.8 Å². The first kappa shape index (κ1) is 17.7. The standard InChI is InChI=1S/C24H21N3O/c1-17-8-12-19(13-9-17)16-22-24(28)27(26-21-6-4-3-5-7-21)23(25-22)20-14-10-18(2)11-15-20/h3-16,26H,1-2H3/b22-16+. The van der Waals surface area contributed by atoms with Crippen LogP contribution in [0.2, 0.25) is 0 Å². The second kappa shape index (κ2) is 7.53. The van der Waals surface area contributed by atoms with E-state index in [1.54, 1.807) is 0 Å². The zero-order valence-corrected chi connectivity index (χ0v) is 15.9. The molecule has 3 aromatic rings. The van der Waals surface area contributed by atoms with Gasteiger partial charge in [-0.2, -0.15) is 5.01 Å². The molecule has 3 aromatic carbocycles. The Morgan fingerprint density at radius 3 is 2.07 bits per heavy atom. The number of rotatable bonds is 4. The molecule has 1 amide bonds. The van der Waals surface area contributed by atoms with Gasteiger partial charge in [0.05, 0.1) is 5.69 Å². The first-order chi connectivity index (χ1) is 13.6. The van der Waals surface area contributed by atoms with Gasteiger partial charge in [0.25, 0.3) is 5.91 Å². The van der Waals surface area contributed by atoms with Crippen LogP contribution in [0.3, 0.4) is 0 Å². The number of hydrogen-bond acceptors (Lipinski definition) is 3. The summed E-state index contributed by atoms with van der Waals surface area (Å²) in [5, 5.41) is 1.51. The van der Waals surface area contributed by atoms with E-state index in [0.717, 1.165) is 22.4 Å². The number of aryl methyl sites for hydroxylation is 2. The summed E-state index contributed by atoms with van der Waals surface area (Å²) < 4.78 is 0. The lowest BCUT2D eigenvalue weighted by atomic mass is 10.1. The van der Waals surface area contributed by atoms with Crippen molar-refractivity contribution in [3.8, 4) is 0 Å². The number of nitrogens with one attached hydrogen (secondary N) is 1. The van der Waals surface area contributed by atoms with Crippen LogP contribution in [0.15, 0.2) is 89.6 Å². The molecule has 138 valence electrons. The van der Waals surface area contributed by atoms with Crippen molar-refractivity contribution in [2.45, 2.75) is 13.8 Å². The molecule has 4 heteroatoms. The summed E-state index contributed by atoms with van der Waals surface area (Å²) in [5.74, 6) is 0.409. The average Bonchev–Trinajstić information content (AvgIpc) is 3.01. The molecule has 0 unspecified atom stereocenters. The van der Waals surface area contributed by atoms with Crippen molar-refractivity contribution < 1.29 is 4.79 Å². The molecule has 0 radical (unpaired) electrons. The molecule has 0 aliphatic carbocycles. The van der Waals surface area contributed by atoms with Crippen molar-refractivity contribution in [1.29, 1.82) is 0 Å². The van der Waals surface area contributed by atoms with Gasteiger partial charge in [-0.25, -0.2) is 4.99 Å². The lowest BCUT2D eigenvalue weighted by molar-refractivity contribution is -0.121. The van der Waals surface area contributed by atoms with E-state index in [9.17, 15) is 4.79 Å². The van der Waals surface area contributed by atoms with Crippen LogP contribution in [0.4, 0.5) is 5.69 Å². The molecule has 0 atom stereocenters. The van der Waals surface area contributed by atoms with Crippen LogP contribution in [0.25, 0.3) is 6.08 Å². The molecule has 28 heavy (non-hydrogen) atoms. The molecule has 4 rings (SSSR count). The Morgan fingerprint density at radius 2 is 1.43 bits per heavy atom. The average molecular weight is 367 g/mol. The monoisotopic (exact) mass is 367 g/mol. The van der Waals surface area contributed by atoms with Gasteiger partial charge >= 0.3 is 0 Å². The Balaban J connectivity index is 1.73. The van der Waals surface area contributed by atoms with E-state index < -0.39 is 0 Å². The summed E-state index contributed by atoms with van der Waals surface area (Å²) >= 11 is 0. The fraction of sp³-hybridized carbons (Fsp3) is 0.0833. The third-order valence-electron chi connectivity index (χ3n) is 4.57. The van der Waals surface area contributed by atoms with E-state index in [2.05, 4.69) is 10.4 Å². The molecule has 1 heterocycles. The number of aliphatic imine (C=N–C) groups is 1. The van der Waals surface area contributed by atoms with Gasteiger partial charge in [-0.3, -0.25) is 10.2 Å². The van der Waals surface area contributed by atoms with Crippen LogP contribution in [0.5, 0.6) is 0 Å². The Kier molecular flexibility index (Phi) is 4.77. The first-order valence-corrected chi connectivity index (χ1v) is 9.20. The Hall–Kier alpha value is -3.66. The van der Waals surface area contributed by atoms with E-state index >= 15 is 0 Å². The fourth-order valence-electron chi connectivity index (χ4n) is 2.98. The zero-order valence-electron chi connectivity index (χ0n) is 15.9. The van der Waals surface area contributed by atoms with Crippen molar-refractivity contribution in [3.05, 3.63) is 107 Å². The highest BCUT2D eigenvalue weighted by molar-refractivity contribution is 6.20. The molecule has 0 saturated heterocycles. The second-order valence-corrected chi connectivity index (χ2v) is 6.86. The number of para-hydroxylation sites is 1. The maximum Gasteiger partial charge on any atom is 0.297 e. The number of amides is 1. The summed E-state index contributed by atoms with van der Waals surface area (Å²) in [7, 11) is 0. The largest absolute Gasteiger partial charge is 0.297 e. The first-order valence-electron chi connectivity index (χ1n) is 9.20. The Morgan fingerprint density at radius 1 is 0.821 bits per heavy atom. The normalized spacial score (nSPS) is 15.1.